The zero-order valence-corrected chi connectivity index (χ0v) is 19.7. The summed E-state index contributed by atoms with van der Waals surface area (Å²) >= 11 is 1.28. The highest BCUT2D eigenvalue weighted by Crippen LogP contribution is 2.41. The number of carbonyl (C=O) groups is 2. The first-order chi connectivity index (χ1) is 16.6. The molecule has 0 unspecified atom stereocenters. The fourth-order valence-electron chi connectivity index (χ4n) is 3.79. The number of nitriles is 1. The number of para-hydroxylation sites is 1. The SMILES string of the molecule is CCc1ccc(C[C@@H]2S/C(=C(\C#N)C(=O)NCc3ccccc3)N(c3ccccc3)C2=O)cc1. The van der Waals surface area contributed by atoms with Crippen molar-refractivity contribution in [1.29, 1.82) is 5.26 Å². The fraction of sp³-hybridized carbons (Fsp3) is 0.179. The van der Waals surface area contributed by atoms with Gasteiger partial charge in [0.25, 0.3) is 5.91 Å². The summed E-state index contributed by atoms with van der Waals surface area (Å²) < 4.78 is 0. The number of anilines is 1. The second kappa shape index (κ2) is 10.9. The summed E-state index contributed by atoms with van der Waals surface area (Å²) in [5.41, 5.74) is 3.80. The van der Waals surface area contributed by atoms with E-state index < -0.39 is 11.2 Å². The van der Waals surface area contributed by atoms with Crippen LogP contribution in [0.3, 0.4) is 0 Å². The zero-order valence-electron chi connectivity index (χ0n) is 18.9. The molecule has 0 spiro atoms. The summed E-state index contributed by atoms with van der Waals surface area (Å²) in [5, 5.41) is 12.7. The Balaban J connectivity index is 1.63. The van der Waals surface area contributed by atoms with Crippen LogP contribution in [0.15, 0.2) is 95.5 Å². The number of rotatable bonds is 7. The van der Waals surface area contributed by atoms with Crippen LogP contribution >= 0.6 is 11.8 Å². The van der Waals surface area contributed by atoms with E-state index in [0.29, 0.717) is 23.7 Å². The Bertz CT molecular complexity index is 1230. The molecular weight excluding hydrogens is 442 g/mol. The first-order valence-corrected chi connectivity index (χ1v) is 12.1. The van der Waals surface area contributed by atoms with Crippen LogP contribution in [0.5, 0.6) is 0 Å². The molecule has 0 saturated carbocycles. The molecule has 1 heterocycles. The van der Waals surface area contributed by atoms with Gasteiger partial charge in [-0.05, 0) is 41.7 Å². The van der Waals surface area contributed by atoms with Gasteiger partial charge in [-0.15, -0.1) is 0 Å². The van der Waals surface area contributed by atoms with Crippen LogP contribution in [0.25, 0.3) is 0 Å². The van der Waals surface area contributed by atoms with Gasteiger partial charge >= 0.3 is 0 Å². The minimum Gasteiger partial charge on any atom is -0.347 e. The molecule has 1 atom stereocenters. The maximum absolute atomic E-state index is 13.5. The molecule has 2 amide bonds. The molecule has 1 fully saturated rings. The maximum atomic E-state index is 13.5. The third-order valence-corrected chi connectivity index (χ3v) is 6.93. The van der Waals surface area contributed by atoms with Gasteiger partial charge in [0, 0.05) is 12.2 Å². The van der Waals surface area contributed by atoms with Gasteiger partial charge in [-0.3, -0.25) is 14.5 Å². The van der Waals surface area contributed by atoms with Gasteiger partial charge < -0.3 is 5.32 Å². The monoisotopic (exact) mass is 467 g/mol. The Morgan fingerprint density at radius 2 is 1.56 bits per heavy atom. The maximum Gasteiger partial charge on any atom is 0.264 e. The standard InChI is InChI=1S/C28H25N3O2S/c1-2-20-13-15-21(16-14-20)17-25-27(33)31(23-11-7-4-8-12-23)28(34-25)24(18-29)26(32)30-19-22-9-5-3-6-10-22/h3-16,25H,2,17,19H2,1H3,(H,30,32)/b28-24+/t25-/m0/s1. The lowest BCUT2D eigenvalue weighted by Gasteiger charge is -2.18. The van der Waals surface area contributed by atoms with Gasteiger partial charge in [-0.1, -0.05) is 91.5 Å². The van der Waals surface area contributed by atoms with E-state index in [1.165, 1.54) is 22.2 Å². The van der Waals surface area contributed by atoms with E-state index in [1.54, 1.807) is 0 Å². The summed E-state index contributed by atoms with van der Waals surface area (Å²) in [4.78, 5) is 28.0. The minimum atomic E-state index is -0.490. The summed E-state index contributed by atoms with van der Waals surface area (Å²) in [7, 11) is 0. The van der Waals surface area contributed by atoms with Crippen molar-refractivity contribution >= 4 is 29.3 Å². The summed E-state index contributed by atoms with van der Waals surface area (Å²) in [5.74, 6) is -0.620. The van der Waals surface area contributed by atoms with Crippen molar-refractivity contribution in [3.8, 4) is 6.07 Å². The fourth-order valence-corrected chi connectivity index (χ4v) is 5.10. The first-order valence-electron chi connectivity index (χ1n) is 11.2. The lowest BCUT2D eigenvalue weighted by atomic mass is 10.1. The van der Waals surface area contributed by atoms with E-state index in [-0.39, 0.29) is 11.5 Å². The van der Waals surface area contributed by atoms with Crippen molar-refractivity contribution in [1.82, 2.24) is 5.32 Å². The summed E-state index contributed by atoms with van der Waals surface area (Å²) in [6.07, 6.45) is 1.47. The van der Waals surface area contributed by atoms with Gasteiger partial charge in [-0.2, -0.15) is 5.26 Å². The minimum absolute atomic E-state index is 0.0537. The zero-order chi connectivity index (χ0) is 23.9. The summed E-state index contributed by atoms with van der Waals surface area (Å²) in [6.45, 7) is 2.40. The van der Waals surface area contributed by atoms with Crippen LogP contribution in [-0.4, -0.2) is 17.1 Å². The van der Waals surface area contributed by atoms with Crippen molar-refractivity contribution in [2.45, 2.75) is 31.6 Å². The van der Waals surface area contributed by atoms with Crippen LogP contribution in [0.1, 0.15) is 23.6 Å². The molecule has 0 aliphatic carbocycles. The predicted octanol–water partition coefficient (Wildman–Crippen LogP) is 4.99. The molecule has 34 heavy (non-hydrogen) atoms. The number of hydrogen-bond acceptors (Lipinski definition) is 4. The first kappa shape index (κ1) is 23.3. The second-order valence-electron chi connectivity index (χ2n) is 7.95. The molecule has 3 aromatic rings. The molecule has 0 radical (unpaired) electrons. The molecule has 6 heteroatoms. The normalized spacial score (nSPS) is 16.8. The molecule has 1 N–H and O–H groups in total. The van der Waals surface area contributed by atoms with Crippen molar-refractivity contribution in [2.24, 2.45) is 0 Å². The average molecular weight is 468 g/mol. The van der Waals surface area contributed by atoms with Gasteiger partial charge in [0.15, 0.2) is 0 Å². The van der Waals surface area contributed by atoms with E-state index in [1.807, 2.05) is 72.8 Å². The highest BCUT2D eigenvalue weighted by atomic mass is 32.2. The highest BCUT2D eigenvalue weighted by molar-refractivity contribution is 8.05. The van der Waals surface area contributed by atoms with Crippen LogP contribution in [-0.2, 0) is 29.0 Å². The number of aryl methyl sites for hydroxylation is 1. The van der Waals surface area contributed by atoms with E-state index in [0.717, 1.165) is 17.5 Å². The molecule has 170 valence electrons. The molecule has 3 aromatic carbocycles. The van der Waals surface area contributed by atoms with Crippen LogP contribution in [0.2, 0.25) is 0 Å². The average Bonchev–Trinajstić information content (AvgIpc) is 3.20. The molecule has 1 aliphatic rings. The summed E-state index contributed by atoms with van der Waals surface area (Å²) in [6, 6.07) is 29.0. The predicted molar refractivity (Wildman–Crippen MR) is 136 cm³/mol. The van der Waals surface area contributed by atoms with E-state index in [4.69, 9.17) is 0 Å². The molecule has 1 saturated heterocycles. The Morgan fingerprint density at radius 1 is 0.941 bits per heavy atom. The Kier molecular flexibility index (Phi) is 7.46. The van der Waals surface area contributed by atoms with Crippen molar-refractivity contribution in [2.75, 3.05) is 4.90 Å². The third-order valence-electron chi connectivity index (χ3n) is 5.67. The third kappa shape index (κ3) is 5.22. The highest BCUT2D eigenvalue weighted by Gasteiger charge is 2.40. The van der Waals surface area contributed by atoms with E-state index in [2.05, 4.69) is 30.4 Å². The molecule has 0 bridgehead atoms. The second-order valence-corrected chi connectivity index (χ2v) is 9.14. The van der Waals surface area contributed by atoms with Crippen LogP contribution in [0, 0.1) is 11.3 Å². The Morgan fingerprint density at radius 3 is 2.18 bits per heavy atom. The Hall–Kier alpha value is -3.82. The topological polar surface area (TPSA) is 73.2 Å². The number of hydrogen-bond donors (Lipinski definition) is 1. The lowest BCUT2D eigenvalue weighted by molar-refractivity contribution is -0.117. The number of carbonyl (C=O) groups excluding carboxylic acids is 2. The largest absolute Gasteiger partial charge is 0.347 e. The van der Waals surface area contributed by atoms with Crippen molar-refractivity contribution in [3.63, 3.8) is 0 Å². The number of benzene rings is 3. The smallest absolute Gasteiger partial charge is 0.264 e. The van der Waals surface area contributed by atoms with E-state index >= 15 is 0 Å². The van der Waals surface area contributed by atoms with Crippen molar-refractivity contribution in [3.05, 3.63) is 112 Å². The van der Waals surface area contributed by atoms with Gasteiger partial charge in [0.05, 0.1) is 5.25 Å². The number of nitrogens with zero attached hydrogens (tertiary/aromatic N) is 2. The molecule has 0 aromatic heterocycles. The molecule has 4 rings (SSSR count). The van der Waals surface area contributed by atoms with Gasteiger partial charge in [-0.25, -0.2) is 0 Å². The number of nitrogens with one attached hydrogen (secondary N) is 1. The quantitative estimate of drug-likeness (QED) is 0.392. The number of thioether (sulfide) groups is 1. The Labute approximate surface area is 204 Å². The van der Waals surface area contributed by atoms with Crippen molar-refractivity contribution < 1.29 is 9.59 Å². The van der Waals surface area contributed by atoms with Gasteiger partial charge in [0.1, 0.15) is 16.7 Å². The molecule has 1 aliphatic heterocycles. The lowest BCUT2D eigenvalue weighted by Crippen LogP contribution is -2.32. The number of amides is 2. The molecule has 5 nitrogen and oxygen atoms in total. The van der Waals surface area contributed by atoms with E-state index in [9.17, 15) is 14.9 Å². The van der Waals surface area contributed by atoms with Gasteiger partial charge in [0.2, 0.25) is 5.91 Å². The molecular formula is C28H25N3O2S. The van der Waals surface area contributed by atoms with Crippen LogP contribution < -0.4 is 10.2 Å². The van der Waals surface area contributed by atoms with Crippen LogP contribution in [0.4, 0.5) is 5.69 Å².